The van der Waals surface area contributed by atoms with Crippen molar-refractivity contribution in [2.45, 2.75) is 6.92 Å². The standard InChI is InChI=1S/C63H39BN2O4/c1-38-28-57-63-58(29-38)66(44-15-11-13-40(31-44)50-35-68-60-21-7-3-17-46(50)60)56-33-42(52-37-70-62-23-9-5-19-48(52)62)25-27-54(56)64(63)53-26-24-41(51-36-69-61-22-8-4-18-47(51)61)32-55(53)65(57)43-14-10-12-39(30-43)49-34-67-59-20-6-2-16-45(49)59/h2-37H,1H3. The monoisotopic (exact) mass is 898 g/mol. The Morgan fingerprint density at radius 2 is 0.686 bits per heavy atom. The fourth-order valence-corrected chi connectivity index (χ4v) is 11.4. The highest BCUT2D eigenvalue weighted by Gasteiger charge is 2.44. The van der Waals surface area contributed by atoms with Crippen LogP contribution < -0.4 is 26.2 Å². The fourth-order valence-electron chi connectivity index (χ4n) is 11.4. The average Bonchev–Trinajstić information content (AvgIpc) is 4.24. The van der Waals surface area contributed by atoms with E-state index in [1.165, 1.54) is 16.4 Å². The summed E-state index contributed by atoms with van der Waals surface area (Å²) in [4.78, 5) is 4.97. The van der Waals surface area contributed by atoms with Crippen LogP contribution in [0.2, 0.25) is 0 Å². The van der Waals surface area contributed by atoms with Crippen molar-refractivity contribution in [2.24, 2.45) is 0 Å². The van der Waals surface area contributed by atoms with Crippen molar-refractivity contribution in [3.05, 3.63) is 225 Å². The molecule has 15 rings (SSSR count). The predicted octanol–water partition coefficient (Wildman–Crippen LogP) is 15.7. The van der Waals surface area contributed by atoms with Crippen molar-refractivity contribution in [2.75, 3.05) is 9.80 Å². The summed E-state index contributed by atoms with van der Waals surface area (Å²) >= 11 is 0. The van der Waals surface area contributed by atoms with E-state index in [4.69, 9.17) is 17.7 Å². The summed E-state index contributed by atoms with van der Waals surface area (Å²) in [5.74, 6) is 0. The number of hydrogen-bond donors (Lipinski definition) is 0. The number of benzene rings is 9. The van der Waals surface area contributed by atoms with E-state index < -0.39 is 0 Å². The average molecular weight is 899 g/mol. The molecule has 4 aromatic heterocycles. The first-order valence-corrected chi connectivity index (χ1v) is 23.7. The summed E-state index contributed by atoms with van der Waals surface area (Å²) in [6.07, 6.45) is 7.57. The molecule has 0 spiro atoms. The zero-order valence-electron chi connectivity index (χ0n) is 37.9. The van der Waals surface area contributed by atoms with Gasteiger partial charge in [0.25, 0.3) is 6.71 Å². The number of fused-ring (bicyclic) bond motifs is 8. The summed E-state index contributed by atoms with van der Waals surface area (Å²) in [7, 11) is 0. The van der Waals surface area contributed by atoms with Gasteiger partial charge in [-0.2, -0.15) is 0 Å². The van der Waals surface area contributed by atoms with Gasteiger partial charge in [0.15, 0.2) is 0 Å². The zero-order valence-corrected chi connectivity index (χ0v) is 37.9. The van der Waals surface area contributed by atoms with Crippen LogP contribution in [-0.2, 0) is 0 Å². The highest BCUT2D eigenvalue weighted by atomic mass is 16.3. The molecule has 328 valence electrons. The van der Waals surface area contributed by atoms with E-state index in [0.717, 1.165) is 128 Å². The molecule has 6 nitrogen and oxygen atoms in total. The lowest BCUT2D eigenvalue weighted by Crippen LogP contribution is -2.61. The van der Waals surface area contributed by atoms with E-state index in [0.29, 0.717) is 0 Å². The van der Waals surface area contributed by atoms with Crippen LogP contribution >= 0.6 is 0 Å². The van der Waals surface area contributed by atoms with Gasteiger partial charge in [0.1, 0.15) is 22.3 Å². The van der Waals surface area contributed by atoms with Crippen LogP contribution in [0.4, 0.5) is 34.1 Å². The summed E-state index contributed by atoms with van der Waals surface area (Å²) in [6.45, 7) is 2.12. The third-order valence-electron chi connectivity index (χ3n) is 14.6. The molecule has 2 aliphatic rings. The number of furan rings is 4. The summed E-state index contributed by atoms with van der Waals surface area (Å²) in [6, 6.07) is 69.6. The maximum Gasteiger partial charge on any atom is 0.252 e. The van der Waals surface area contributed by atoms with E-state index in [2.05, 4.69) is 162 Å². The Labute approximate surface area is 402 Å². The van der Waals surface area contributed by atoms with Gasteiger partial charge in [0.05, 0.1) is 25.1 Å². The summed E-state index contributed by atoms with van der Waals surface area (Å²) < 4.78 is 24.6. The second kappa shape index (κ2) is 14.9. The molecular weight excluding hydrogens is 860 g/mol. The van der Waals surface area contributed by atoms with E-state index in [9.17, 15) is 0 Å². The maximum absolute atomic E-state index is 6.17. The largest absolute Gasteiger partial charge is 0.464 e. The Morgan fingerprint density at radius 1 is 0.329 bits per heavy atom. The van der Waals surface area contributed by atoms with E-state index >= 15 is 0 Å². The molecule has 7 heteroatoms. The molecule has 13 aromatic rings. The molecule has 0 radical (unpaired) electrons. The Balaban J connectivity index is 0.997. The highest BCUT2D eigenvalue weighted by molar-refractivity contribution is 7.00. The Bertz CT molecular complexity index is 4000. The van der Waals surface area contributed by atoms with Gasteiger partial charge in [-0.15, -0.1) is 0 Å². The number of anilines is 6. The molecule has 0 unspecified atom stereocenters. The van der Waals surface area contributed by atoms with Gasteiger partial charge in [0, 0.05) is 77.9 Å². The summed E-state index contributed by atoms with van der Waals surface area (Å²) in [5.41, 5.74) is 23.5. The maximum atomic E-state index is 6.17. The molecule has 0 amide bonds. The van der Waals surface area contributed by atoms with Gasteiger partial charge in [-0.25, -0.2) is 0 Å². The third-order valence-corrected chi connectivity index (χ3v) is 14.6. The lowest BCUT2D eigenvalue weighted by atomic mass is 9.33. The zero-order chi connectivity index (χ0) is 46.0. The minimum Gasteiger partial charge on any atom is -0.464 e. The van der Waals surface area contributed by atoms with E-state index in [1.54, 1.807) is 0 Å². The first-order valence-electron chi connectivity index (χ1n) is 23.7. The lowest BCUT2D eigenvalue weighted by Gasteiger charge is -2.44. The van der Waals surface area contributed by atoms with Crippen molar-refractivity contribution < 1.29 is 17.7 Å². The molecule has 0 aliphatic carbocycles. The van der Waals surface area contributed by atoms with Crippen molar-refractivity contribution in [3.8, 4) is 44.5 Å². The molecule has 0 saturated carbocycles. The molecule has 0 saturated heterocycles. The van der Waals surface area contributed by atoms with Gasteiger partial charge < -0.3 is 27.5 Å². The second-order valence-corrected chi connectivity index (χ2v) is 18.6. The van der Waals surface area contributed by atoms with Crippen molar-refractivity contribution in [3.63, 3.8) is 0 Å². The molecule has 9 aromatic carbocycles. The van der Waals surface area contributed by atoms with Crippen LogP contribution in [0, 0.1) is 6.92 Å². The lowest BCUT2D eigenvalue weighted by molar-refractivity contribution is 0.616. The topological polar surface area (TPSA) is 59.0 Å². The van der Waals surface area contributed by atoms with Crippen LogP contribution in [0.5, 0.6) is 0 Å². The van der Waals surface area contributed by atoms with Gasteiger partial charge >= 0.3 is 0 Å². The first kappa shape index (κ1) is 38.9. The minimum atomic E-state index is -0.101. The minimum absolute atomic E-state index is 0.101. The third kappa shape index (κ3) is 5.75. The molecule has 0 atom stereocenters. The number of para-hydroxylation sites is 4. The Hall–Kier alpha value is -9.20. The quantitative estimate of drug-likeness (QED) is 0.155. The van der Waals surface area contributed by atoms with Gasteiger partial charge in [-0.3, -0.25) is 0 Å². The van der Waals surface area contributed by atoms with Crippen LogP contribution in [-0.4, -0.2) is 6.71 Å². The first-order chi connectivity index (χ1) is 34.6. The van der Waals surface area contributed by atoms with Gasteiger partial charge in [-0.05, 0) is 124 Å². The van der Waals surface area contributed by atoms with E-state index in [-0.39, 0.29) is 6.71 Å². The Kier molecular flexibility index (Phi) is 8.27. The number of nitrogens with zero attached hydrogens (tertiary/aromatic N) is 2. The predicted molar refractivity (Wildman–Crippen MR) is 286 cm³/mol. The van der Waals surface area contributed by atoms with Crippen LogP contribution in [0.3, 0.4) is 0 Å². The van der Waals surface area contributed by atoms with Crippen molar-refractivity contribution >= 4 is 101 Å². The van der Waals surface area contributed by atoms with Crippen LogP contribution in [0.1, 0.15) is 5.56 Å². The fraction of sp³-hybridized carbons (Fsp3) is 0.0159. The number of hydrogen-bond acceptors (Lipinski definition) is 6. The molecule has 6 heterocycles. The highest BCUT2D eigenvalue weighted by Crippen LogP contribution is 2.48. The smallest absolute Gasteiger partial charge is 0.252 e. The molecule has 70 heavy (non-hydrogen) atoms. The van der Waals surface area contributed by atoms with Crippen LogP contribution in [0.15, 0.2) is 237 Å². The molecular formula is C63H39BN2O4. The van der Waals surface area contributed by atoms with Crippen LogP contribution in [0.25, 0.3) is 88.4 Å². The second-order valence-electron chi connectivity index (χ2n) is 18.6. The van der Waals surface area contributed by atoms with Crippen molar-refractivity contribution in [1.29, 1.82) is 0 Å². The van der Waals surface area contributed by atoms with Gasteiger partial charge in [-0.1, -0.05) is 121 Å². The van der Waals surface area contributed by atoms with Gasteiger partial charge in [0.2, 0.25) is 0 Å². The molecule has 2 aliphatic heterocycles. The molecule has 0 bridgehead atoms. The Morgan fingerprint density at radius 3 is 1.07 bits per heavy atom. The normalized spacial score (nSPS) is 12.8. The molecule has 0 N–H and O–H groups in total. The summed E-state index contributed by atoms with van der Waals surface area (Å²) in [5, 5.41) is 4.34. The van der Waals surface area contributed by atoms with Crippen molar-refractivity contribution in [1.82, 2.24) is 0 Å². The SMILES string of the molecule is Cc1cc2c3c(c1)N(c1cccc(-c4coc5ccccc45)c1)c1cc(-c4coc5ccccc45)ccc1B3c1ccc(-c3coc4ccccc34)cc1N2c1cccc(-c2coc3ccccc23)c1. The number of rotatable bonds is 6. The molecule has 0 fully saturated rings. The van der Waals surface area contributed by atoms with E-state index in [1.807, 2.05) is 73.6 Å². The number of aryl methyl sites for hydroxylation is 1.